The van der Waals surface area contributed by atoms with Crippen LogP contribution in [0.25, 0.3) is 0 Å². The molecule has 5 nitrogen and oxygen atoms in total. The van der Waals surface area contributed by atoms with Crippen LogP contribution in [0.4, 0.5) is 0 Å². The number of hydrogen-bond acceptors (Lipinski definition) is 3. The molecule has 0 radical (unpaired) electrons. The van der Waals surface area contributed by atoms with Gasteiger partial charge in [-0.15, -0.1) is 24.0 Å². The van der Waals surface area contributed by atoms with Gasteiger partial charge in [-0.1, -0.05) is 48.0 Å². The van der Waals surface area contributed by atoms with Crippen molar-refractivity contribution in [2.45, 2.75) is 25.9 Å². The van der Waals surface area contributed by atoms with Crippen molar-refractivity contribution in [2.24, 2.45) is 4.99 Å². The molecule has 0 unspecified atom stereocenters. The zero-order chi connectivity index (χ0) is 18.5. The molecule has 0 fully saturated rings. The molecule has 0 saturated heterocycles. The number of rotatable bonds is 10. The minimum Gasteiger partial charge on any atom is -0.377 e. The van der Waals surface area contributed by atoms with E-state index in [0.29, 0.717) is 11.8 Å². The lowest BCUT2D eigenvalue weighted by atomic mass is 10.2. The van der Waals surface area contributed by atoms with Crippen molar-refractivity contribution in [3.8, 4) is 0 Å². The maximum Gasteiger partial charge on any atom is 0.190 e. The van der Waals surface area contributed by atoms with Gasteiger partial charge >= 0.3 is 0 Å². The Balaban J connectivity index is 0.00000364. The van der Waals surface area contributed by atoms with Crippen LogP contribution >= 0.6 is 35.6 Å². The van der Waals surface area contributed by atoms with Gasteiger partial charge in [-0.2, -0.15) is 0 Å². The van der Waals surface area contributed by atoms with Gasteiger partial charge in [0.25, 0.3) is 0 Å². The van der Waals surface area contributed by atoms with Crippen molar-refractivity contribution in [3.05, 3.63) is 64.9 Å². The number of ether oxygens (including phenoxy) is 1. The summed E-state index contributed by atoms with van der Waals surface area (Å²) in [5.41, 5.74) is 2.36. The van der Waals surface area contributed by atoms with E-state index in [9.17, 15) is 0 Å². The molecule has 0 aliphatic rings. The van der Waals surface area contributed by atoms with Crippen LogP contribution in [0, 0.1) is 0 Å². The fourth-order valence-corrected chi connectivity index (χ4v) is 2.51. The van der Waals surface area contributed by atoms with Crippen LogP contribution in [0.2, 0.25) is 5.15 Å². The number of nitrogens with one attached hydrogen (secondary N) is 2. The van der Waals surface area contributed by atoms with Gasteiger partial charge in [-0.25, -0.2) is 4.98 Å². The number of benzene rings is 1. The Kier molecular flexibility index (Phi) is 12.8. The van der Waals surface area contributed by atoms with Gasteiger partial charge in [0.15, 0.2) is 5.96 Å². The number of guanidine groups is 1. The van der Waals surface area contributed by atoms with E-state index in [2.05, 4.69) is 32.7 Å². The SMILES string of the molecule is CN=C(NCCCCOCc1ccccc1)NCCc1ccc(Cl)nc1.I. The van der Waals surface area contributed by atoms with Crippen molar-refractivity contribution in [1.29, 1.82) is 0 Å². The highest BCUT2D eigenvalue weighted by atomic mass is 127. The molecule has 2 aromatic rings. The van der Waals surface area contributed by atoms with E-state index in [4.69, 9.17) is 16.3 Å². The molecule has 2 N–H and O–H groups in total. The Bertz CT molecular complexity index is 653. The average Bonchev–Trinajstić information content (AvgIpc) is 2.68. The molecule has 0 spiro atoms. The first-order chi connectivity index (χ1) is 12.8. The van der Waals surface area contributed by atoms with Crippen molar-refractivity contribution in [2.75, 3.05) is 26.7 Å². The summed E-state index contributed by atoms with van der Waals surface area (Å²) in [5.74, 6) is 0.817. The monoisotopic (exact) mass is 502 g/mol. The Morgan fingerprint density at radius 2 is 1.81 bits per heavy atom. The van der Waals surface area contributed by atoms with Gasteiger partial charge < -0.3 is 15.4 Å². The second kappa shape index (κ2) is 14.6. The predicted octanol–water partition coefficient (Wildman–Crippen LogP) is 4.06. The van der Waals surface area contributed by atoms with Crippen LogP contribution in [0.5, 0.6) is 0 Å². The van der Waals surface area contributed by atoms with E-state index in [0.717, 1.165) is 50.5 Å². The molecule has 27 heavy (non-hydrogen) atoms. The van der Waals surface area contributed by atoms with Crippen LogP contribution < -0.4 is 10.6 Å². The van der Waals surface area contributed by atoms with Gasteiger partial charge in [0.1, 0.15) is 5.15 Å². The number of halogens is 2. The van der Waals surface area contributed by atoms with Gasteiger partial charge in [0, 0.05) is 32.9 Å². The summed E-state index contributed by atoms with van der Waals surface area (Å²) in [4.78, 5) is 8.31. The standard InChI is InChI=1S/C20H27ClN4O.HI/c1-22-20(24-13-11-17-9-10-19(21)25-15-17)23-12-5-6-14-26-16-18-7-3-2-4-8-18;/h2-4,7-10,15H,5-6,11-14,16H2,1H3,(H2,22,23,24);1H. The number of hydrogen-bond donors (Lipinski definition) is 2. The Labute approximate surface area is 184 Å². The van der Waals surface area contributed by atoms with Crippen LogP contribution in [-0.4, -0.2) is 37.7 Å². The first kappa shape index (κ1) is 23.7. The third-order valence-electron chi connectivity index (χ3n) is 3.84. The second-order valence-corrected chi connectivity index (χ2v) is 6.30. The van der Waals surface area contributed by atoms with E-state index in [1.165, 1.54) is 5.56 Å². The normalized spacial score (nSPS) is 11.0. The van der Waals surface area contributed by atoms with E-state index in [1.54, 1.807) is 13.2 Å². The van der Waals surface area contributed by atoms with Crippen molar-refractivity contribution in [1.82, 2.24) is 15.6 Å². The molecule has 0 amide bonds. The molecule has 0 bridgehead atoms. The van der Waals surface area contributed by atoms with Gasteiger partial charge in [-0.05, 0) is 36.5 Å². The van der Waals surface area contributed by atoms with E-state index in [1.807, 2.05) is 30.3 Å². The topological polar surface area (TPSA) is 58.5 Å². The molecule has 0 aliphatic carbocycles. The average molecular weight is 503 g/mol. The quantitative estimate of drug-likeness (QED) is 0.169. The number of aromatic nitrogens is 1. The maximum absolute atomic E-state index is 5.79. The van der Waals surface area contributed by atoms with Gasteiger partial charge in [0.05, 0.1) is 6.61 Å². The summed E-state index contributed by atoms with van der Waals surface area (Å²) < 4.78 is 5.69. The lowest BCUT2D eigenvalue weighted by molar-refractivity contribution is 0.117. The molecule has 1 heterocycles. The van der Waals surface area contributed by atoms with Crippen LogP contribution in [0.3, 0.4) is 0 Å². The lowest BCUT2D eigenvalue weighted by Crippen LogP contribution is -2.38. The molecule has 1 aromatic carbocycles. The van der Waals surface area contributed by atoms with Gasteiger partial charge in [-0.3, -0.25) is 4.99 Å². The van der Waals surface area contributed by atoms with Crippen LogP contribution in [0.1, 0.15) is 24.0 Å². The number of nitrogens with zero attached hydrogens (tertiary/aromatic N) is 2. The summed E-state index contributed by atoms with van der Waals surface area (Å²) in [6.07, 6.45) is 4.73. The molecule has 148 valence electrons. The Hall–Kier alpha value is -1.38. The Morgan fingerprint density at radius 1 is 1.04 bits per heavy atom. The molecule has 7 heteroatoms. The molecule has 0 saturated carbocycles. The molecule has 0 atom stereocenters. The molecular weight excluding hydrogens is 475 g/mol. The fraction of sp³-hybridized carbons (Fsp3) is 0.400. The highest BCUT2D eigenvalue weighted by Crippen LogP contribution is 2.05. The number of unbranched alkanes of at least 4 members (excludes halogenated alkanes) is 1. The zero-order valence-corrected chi connectivity index (χ0v) is 18.7. The molecule has 2 rings (SSSR count). The summed E-state index contributed by atoms with van der Waals surface area (Å²) in [7, 11) is 1.78. The third-order valence-corrected chi connectivity index (χ3v) is 4.06. The minimum atomic E-state index is 0. The largest absolute Gasteiger partial charge is 0.377 e. The first-order valence-electron chi connectivity index (χ1n) is 8.94. The smallest absolute Gasteiger partial charge is 0.190 e. The lowest BCUT2D eigenvalue weighted by Gasteiger charge is -2.12. The predicted molar refractivity (Wildman–Crippen MR) is 123 cm³/mol. The molecule has 0 aliphatic heterocycles. The fourth-order valence-electron chi connectivity index (χ4n) is 2.40. The van der Waals surface area contributed by atoms with Gasteiger partial charge in [0.2, 0.25) is 0 Å². The summed E-state index contributed by atoms with van der Waals surface area (Å²) in [6, 6.07) is 14.0. The molecular formula is C20H28ClIN4O. The summed E-state index contributed by atoms with van der Waals surface area (Å²) >= 11 is 5.79. The van der Waals surface area contributed by atoms with E-state index in [-0.39, 0.29) is 24.0 Å². The minimum absolute atomic E-state index is 0. The van der Waals surface area contributed by atoms with Crippen molar-refractivity contribution < 1.29 is 4.74 Å². The maximum atomic E-state index is 5.79. The van der Waals surface area contributed by atoms with E-state index >= 15 is 0 Å². The van der Waals surface area contributed by atoms with Crippen molar-refractivity contribution in [3.63, 3.8) is 0 Å². The van der Waals surface area contributed by atoms with Crippen LogP contribution in [0.15, 0.2) is 53.7 Å². The van der Waals surface area contributed by atoms with Crippen LogP contribution in [-0.2, 0) is 17.8 Å². The second-order valence-electron chi connectivity index (χ2n) is 5.91. The summed E-state index contributed by atoms with van der Waals surface area (Å²) in [5, 5.41) is 7.14. The zero-order valence-electron chi connectivity index (χ0n) is 15.7. The summed E-state index contributed by atoms with van der Waals surface area (Å²) in [6.45, 7) is 3.11. The third kappa shape index (κ3) is 10.5. The first-order valence-corrected chi connectivity index (χ1v) is 9.32. The van der Waals surface area contributed by atoms with E-state index < -0.39 is 0 Å². The Morgan fingerprint density at radius 3 is 2.52 bits per heavy atom. The van der Waals surface area contributed by atoms with Crippen molar-refractivity contribution >= 4 is 41.5 Å². The number of aliphatic imine (C=N–C) groups is 1. The highest BCUT2D eigenvalue weighted by molar-refractivity contribution is 14.0. The number of pyridine rings is 1. The highest BCUT2D eigenvalue weighted by Gasteiger charge is 1.99. The molecule has 1 aromatic heterocycles.